The monoisotopic (exact) mass is 1100 g/mol. The number of carbonyl (C=O) groups excluding carboxylic acids is 5. The summed E-state index contributed by atoms with van der Waals surface area (Å²) < 4.78 is 32.4. The van der Waals surface area contributed by atoms with Gasteiger partial charge in [0.1, 0.15) is 73.2 Å². The number of nitrogens with one attached hydrogen (secondary N) is 4. The third-order valence-electron chi connectivity index (χ3n) is 13.2. The second-order valence-corrected chi connectivity index (χ2v) is 20.3. The summed E-state index contributed by atoms with van der Waals surface area (Å²) in [5.74, 6) is -1.20. The molecule has 16 N–H and O–H groups in total. The Bertz CT molecular complexity index is 1530. The van der Waals surface area contributed by atoms with Crippen LogP contribution in [0.1, 0.15) is 103 Å². The number of aliphatic hydroxyl groups excluding tert-OH is 12. The van der Waals surface area contributed by atoms with Crippen LogP contribution in [0.2, 0.25) is 0 Å². The van der Waals surface area contributed by atoms with Crippen LogP contribution in [-0.4, -0.2) is 253 Å². The number of unbranched alkanes of at least 4 members (excludes halogenated alkanes) is 7. The first-order valence-corrected chi connectivity index (χ1v) is 26.8. The van der Waals surface area contributed by atoms with Crippen molar-refractivity contribution < 1.29 is 114 Å². The van der Waals surface area contributed by atoms with Crippen molar-refractivity contribution in [3.8, 4) is 0 Å². The highest BCUT2D eigenvalue weighted by molar-refractivity contribution is 8.13. The molecule has 436 valence electrons. The van der Waals surface area contributed by atoms with Crippen LogP contribution in [0.25, 0.3) is 0 Å². The molecule has 3 aliphatic rings. The third kappa shape index (κ3) is 23.2. The molecule has 3 heterocycles. The van der Waals surface area contributed by atoms with Gasteiger partial charge in [-0.2, -0.15) is 0 Å². The maximum Gasteiger partial charge on any atom is 0.220 e. The number of thioether (sulfide) groups is 1. The van der Waals surface area contributed by atoms with Gasteiger partial charge < -0.3 is 111 Å². The zero-order chi connectivity index (χ0) is 55.5. The number of aliphatic hydroxyl groups is 12. The summed E-state index contributed by atoms with van der Waals surface area (Å²) in [6.45, 7) is -1.58. The number of hydrogen-bond donors (Lipinski definition) is 16. The largest absolute Gasteiger partial charge is 0.394 e. The molecule has 4 amide bonds. The minimum Gasteiger partial charge on any atom is -0.394 e. The molecule has 3 fully saturated rings. The maximum atomic E-state index is 13.8. The van der Waals surface area contributed by atoms with Crippen LogP contribution in [0.3, 0.4) is 0 Å². The molecule has 0 aromatic rings. The van der Waals surface area contributed by atoms with E-state index < -0.39 is 141 Å². The fraction of sp³-hybridized carbons (Fsp3) is 0.894. The number of rotatable bonds is 36. The number of hydrogen-bond acceptors (Lipinski definition) is 24. The SMILES string of the molecule is CC(=O)SCCCCCCCCCCC(=O)NC(CCC(=O)NCCO[C@H]1O[C@H](CO)[C@@H](O)[C@H](O)[C@@H]1O)(CCC(=O)NCCO[C@H]1O[C@H](CO)[C@@H](O)[C@H](O)[C@@H]1O)CCC(=O)NCCO[C@H]1O[C@H](CO)[C@@H](O)[C@H](O)[C@@H]1O. The molecule has 0 bridgehead atoms. The highest BCUT2D eigenvalue weighted by Gasteiger charge is 2.46. The Hall–Kier alpha value is -2.82. The molecular weight excluding hydrogens is 1020 g/mol. The zero-order valence-corrected chi connectivity index (χ0v) is 43.4. The summed E-state index contributed by atoms with van der Waals surface area (Å²) in [5, 5.41) is 131. The van der Waals surface area contributed by atoms with Crippen molar-refractivity contribution in [2.45, 2.75) is 201 Å². The normalized spacial score (nSPS) is 30.1. The van der Waals surface area contributed by atoms with Gasteiger partial charge in [0, 0.05) is 63.5 Å². The smallest absolute Gasteiger partial charge is 0.220 e. The lowest BCUT2D eigenvalue weighted by Gasteiger charge is -2.39. The van der Waals surface area contributed by atoms with Crippen LogP contribution in [0.4, 0.5) is 0 Å². The summed E-state index contributed by atoms with van der Waals surface area (Å²) in [7, 11) is 0. The van der Waals surface area contributed by atoms with Crippen LogP contribution in [-0.2, 0) is 52.4 Å². The Balaban J connectivity index is 1.69. The molecule has 0 unspecified atom stereocenters. The van der Waals surface area contributed by atoms with Crippen LogP contribution in [0.5, 0.6) is 0 Å². The lowest BCUT2D eigenvalue weighted by Crippen LogP contribution is -2.59. The first-order chi connectivity index (χ1) is 35.8. The maximum absolute atomic E-state index is 13.8. The lowest BCUT2D eigenvalue weighted by atomic mass is 9.82. The average Bonchev–Trinajstić information content (AvgIpc) is 3.39. The van der Waals surface area contributed by atoms with Gasteiger partial charge in [0.2, 0.25) is 23.6 Å². The molecule has 27 nitrogen and oxygen atoms in total. The summed E-state index contributed by atoms with van der Waals surface area (Å²) in [5.41, 5.74) is -1.35. The predicted octanol–water partition coefficient (Wildman–Crippen LogP) is -5.23. The van der Waals surface area contributed by atoms with Gasteiger partial charge in [-0.3, -0.25) is 24.0 Å². The fourth-order valence-electron chi connectivity index (χ4n) is 8.62. The van der Waals surface area contributed by atoms with Crippen molar-refractivity contribution in [1.82, 2.24) is 21.3 Å². The van der Waals surface area contributed by atoms with Crippen molar-refractivity contribution in [2.75, 3.05) is 65.0 Å². The molecule has 0 aromatic carbocycles. The van der Waals surface area contributed by atoms with Crippen molar-refractivity contribution in [3.63, 3.8) is 0 Å². The highest BCUT2D eigenvalue weighted by atomic mass is 32.2. The topological polar surface area (TPSA) is 432 Å². The zero-order valence-electron chi connectivity index (χ0n) is 42.6. The summed E-state index contributed by atoms with van der Waals surface area (Å²) >= 11 is 1.32. The van der Waals surface area contributed by atoms with Gasteiger partial charge in [0.05, 0.1) is 39.6 Å². The molecule has 75 heavy (non-hydrogen) atoms. The van der Waals surface area contributed by atoms with E-state index in [4.69, 9.17) is 28.4 Å². The number of carbonyl (C=O) groups is 5. The van der Waals surface area contributed by atoms with Gasteiger partial charge in [0.25, 0.3) is 0 Å². The molecule has 3 aliphatic heterocycles. The van der Waals surface area contributed by atoms with Gasteiger partial charge in [0.15, 0.2) is 24.0 Å². The fourth-order valence-corrected chi connectivity index (χ4v) is 9.26. The van der Waals surface area contributed by atoms with Crippen molar-refractivity contribution in [2.24, 2.45) is 0 Å². The van der Waals surface area contributed by atoms with Gasteiger partial charge >= 0.3 is 0 Å². The van der Waals surface area contributed by atoms with Gasteiger partial charge in [-0.05, 0) is 32.1 Å². The summed E-state index contributed by atoms with van der Waals surface area (Å²) in [6.07, 6.45) is -16.6. The Labute approximate surface area is 440 Å². The van der Waals surface area contributed by atoms with E-state index in [1.165, 1.54) is 11.8 Å². The molecule has 0 aliphatic carbocycles. The van der Waals surface area contributed by atoms with Gasteiger partial charge in [-0.15, -0.1) is 0 Å². The number of ether oxygens (including phenoxy) is 6. The first kappa shape index (κ1) is 66.5. The molecule has 0 saturated carbocycles. The van der Waals surface area contributed by atoms with E-state index in [9.17, 15) is 85.3 Å². The van der Waals surface area contributed by atoms with E-state index >= 15 is 0 Å². The van der Waals surface area contributed by atoms with E-state index in [2.05, 4.69) is 21.3 Å². The molecule has 0 radical (unpaired) electrons. The molecular formula is C47H84N4O23S. The Morgan fingerprint density at radius 2 is 0.760 bits per heavy atom. The van der Waals surface area contributed by atoms with E-state index in [1.807, 2.05) is 0 Å². The molecule has 15 atom stereocenters. The molecule has 3 rings (SSSR count). The molecule has 3 saturated heterocycles. The van der Waals surface area contributed by atoms with Crippen LogP contribution >= 0.6 is 11.8 Å². The van der Waals surface area contributed by atoms with E-state index in [1.54, 1.807) is 6.92 Å². The van der Waals surface area contributed by atoms with Gasteiger partial charge in [-0.1, -0.05) is 50.3 Å². The third-order valence-corrected chi connectivity index (χ3v) is 14.1. The van der Waals surface area contributed by atoms with Crippen molar-refractivity contribution in [1.29, 1.82) is 0 Å². The Kier molecular flexibility index (Phi) is 31.6. The standard InChI is InChI=1S/C47H84N4O23S/c1-27(55)75-23-9-7-5-3-2-4-6-8-10-34(59)51-47(14-11-31(56)48-17-20-69-44-41(66)38(63)35(60)28(24-52)72-44,15-12-32(57)49-18-21-70-45-42(67)39(64)36(61)29(25-53)73-45)16-13-33(58)50-19-22-71-46-43(68)40(65)37(62)30(26-54)74-46/h28-30,35-46,52-54,60-68H,2-26H2,1H3,(H,48,56)(H,49,57)(H,50,58)(H,51,59)/t28-,29-,30-,35-,36-,37-,38+,39+,40+,41+,42+,43+,44+,45+,46+/m1/s1. The quantitative estimate of drug-likeness (QED) is 0.0261. The van der Waals surface area contributed by atoms with E-state index in [0.717, 1.165) is 50.7 Å². The van der Waals surface area contributed by atoms with Crippen molar-refractivity contribution in [3.05, 3.63) is 0 Å². The Morgan fingerprint density at radius 3 is 1.08 bits per heavy atom. The molecule has 0 spiro atoms. The van der Waals surface area contributed by atoms with E-state index in [-0.39, 0.29) is 89.5 Å². The predicted molar refractivity (Wildman–Crippen MR) is 261 cm³/mol. The second kappa shape index (κ2) is 35.6. The average molecular weight is 1110 g/mol. The van der Waals surface area contributed by atoms with Gasteiger partial charge in [-0.25, -0.2) is 0 Å². The second-order valence-electron chi connectivity index (χ2n) is 19.0. The van der Waals surface area contributed by atoms with Crippen LogP contribution in [0.15, 0.2) is 0 Å². The van der Waals surface area contributed by atoms with Crippen LogP contribution < -0.4 is 21.3 Å². The minimum absolute atomic E-state index is 0.0793. The first-order valence-electron chi connectivity index (χ1n) is 25.8. The molecule has 28 heteroatoms. The van der Waals surface area contributed by atoms with Crippen molar-refractivity contribution >= 4 is 40.5 Å². The minimum atomic E-state index is -1.68. The van der Waals surface area contributed by atoms with E-state index in [0.29, 0.717) is 6.42 Å². The van der Waals surface area contributed by atoms with Crippen LogP contribution in [0, 0.1) is 0 Å². The Morgan fingerprint density at radius 1 is 0.440 bits per heavy atom. The number of amides is 4. The summed E-state index contributed by atoms with van der Waals surface area (Å²) in [4.78, 5) is 65.0. The molecule has 0 aromatic heterocycles. The lowest BCUT2D eigenvalue weighted by molar-refractivity contribution is -0.300. The highest BCUT2D eigenvalue weighted by Crippen LogP contribution is 2.28. The summed E-state index contributed by atoms with van der Waals surface area (Å²) in [6, 6.07) is 0.